The SMILES string of the molecule is C=c1/c(=C/C2=CC=CC2)nc2c(Cc3c(F)cccc3F)nc(-c3cccc(OC)c3F)cn12. The lowest BCUT2D eigenvalue weighted by Crippen LogP contribution is -2.25. The Bertz CT molecular complexity index is 1580. The van der Waals surface area contributed by atoms with Crippen molar-refractivity contribution < 1.29 is 17.9 Å². The Morgan fingerprint density at radius 3 is 2.56 bits per heavy atom. The van der Waals surface area contributed by atoms with Crippen LogP contribution in [-0.4, -0.2) is 21.5 Å². The Morgan fingerprint density at radius 2 is 1.85 bits per heavy atom. The molecule has 0 radical (unpaired) electrons. The van der Waals surface area contributed by atoms with Crippen molar-refractivity contribution in [2.75, 3.05) is 7.11 Å². The fourth-order valence-corrected chi connectivity index (χ4v) is 4.02. The number of rotatable bonds is 5. The van der Waals surface area contributed by atoms with Gasteiger partial charge >= 0.3 is 0 Å². The molecule has 4 nitrogen and oxygen atoms in total. The van der Waals surface area contributed by atoms with Crippen LogP contribution >= 0.6 is 0 Å². The number of ether oxygens (including phenoxy) is 1. The van der Waals surface area contributed by atoms with Gasteiger partial charge in [-0.3, -0.25) is 4.40 Å². The van der Waals surface area contributed by atoms with Crippen molar-refractivity contribution in [1.82, 2.24) is 14.4 Å². The first kappa shape index (κ1) is 21.7. The Hall–Kier alpha value is -4.13. The summed E-state index contributed by atoms with van der Waals surface area (Å²) in [7, 11) is 1.38. The van der Waals surface area contributed by atoms with E-state index < -0.39 is 17.5 Å². The van der Waals surface area contributed by atoms with E-state index in [1.807, 2.05) is 24.3 Å². The second-order valence-corrected chi connectivity index (χ2v) is 7.93. The lowest BCUT2D eigenvalue weighted by atomic mass is 10.1. The molecule has 0 amide bonds. The molecule has 0 bridgehead atoms. The van der Waals surface area contributed by atoms with Crippen LogP contribution in [0.4, 0.5) is 13.2 Å². The Morgan fingerprint density at radius 1 is 1.09 bits per heavy atom. The third kappa shape index (κ3) is 3.79. The molecule has 0 saturated heterocycles. The monoisotopic (exact) mass is 459 g/mol. The molecule has 0 spiro atoms. The van der Waals surface area contributed by atoms with Crippen LogP contribution in [0, 0.1) is 17.5 Å². The van der Waals surface area contributed by atoms with Crippen LogP contribution in [0.1, 0.15) is 17.7 Å². The zero-order valence-electron chi connectivity index (χ0n) is 18.4. The number of aromatic nitrogens is 3. The topological polar surface area (TPSA) is 39.4 Å². The number of hydrogen-bond donors (Lipinski definition) is 0. The summed E-state index contributed by atoms with van der Waals surface area (Å²) in [5, 5.41) is 1.17. The number of nitrogens with zero attached hydrogens (tertiary/aromatic N) is 3. The van der Waals surface area contributed by atoms with Gasteiger partial charge in [0.15, 0.2) is 17.2 Å². The summed E-state index contributed by atoms with van der Waals surface area (Å²) in [4.78, 5) is 9.26. The standard InChI is InChI=1S/C27H20F3N3O/c1-16-22(13-17-7-3-4-8-17)32-27-23(14-19-20(28)10-6-11-21(19)29)31-24(15-33(16)27)18-9-5-12-25(34-2)26(18)30/h3-7,9-13,15H,1,8,14H2,2H3/b22-13-. The highest BCUT2D eigenvalue weighted by Gasteiger charge is 2.19. The van der Waals surface area contributed by atoms with Crippen LogP contribution in [-0.2, 0) is 6.42 Å². The first-order valence-electron chi connectivity index (χ1n) is 10.7. The molecule has 0 aliphatic heterocycles. The maximum absolute atomic E-state index is 15.1. The molecular weight excluding hydrogens is 439 g/mol. The maximum Gasteiger partial charge on any atom is 0.174 e. The van der Waals surface area contributed by atoms with Gasteiger partial charge in [-0.2, -0.15) is 0 Å². The number of allylic oxidation sites excluding steroid dienone is 4. The van der Waals surface area contributed by atoms with Gasteiger partial charge in [-0.05, 0) is 42.3 Å². The van der Waals surface area contributed by atoms with Crippen LogP contribution in [0.25, 0.3) is 29.6 Å². The van der Waals surface area contributed by atoms with E-state index in [-0.39, 0.29) is 29.0 Å². The van der Waals surface area contributed by atoms with Gasteiger partial charge in [0.05, 0.1) is 29.2 Å². The van der Waals surface area contributed by atoms with Crippen molar-refractivity contribution >= 4 is 18.3 Å². The molecule has 0 fully saturated rings. The van der Waals surface area contributed by atoms with Crippen molar-refractivity contribution in [3.8, 4) is 17.0 Å². The minimum absolute atomic E-state index is 0.0660. The first-order valence-corrected chi connectivity index (χ1v) is 10.7. The highest BCUT2D eigenvalue weighted by molar-refractivity contribution is 5.65. The Labute approximate surface area is 193 Å². The summed E-state index contributed by atoms with van der Waals surface area (Å²) < 4.78 is 50.8. The highest BCUT2D eigenvalue weighted by Crippen LogP contribution is 2.29. The lowest BCUT2D eigenvalue weighted by molar-refractivity contribution is 0.387. The van der Waals surface area contributed by atoms with Crippen LogP contribution < -0.4 is 15.4 Å². The van der Waals surface area contributed by atoms with Crippen molar-refractivity contribution in [2.45, 2.75) is 12.8 Å². The summed E-state index contributed by atoms with van der Waals surface area (Å²) in [6.07, 6.45) is 10.1. The number of halogens is 3. The third-order valence-corrected chi connectivity index (χ3v) is 5.79. The smallest absolute Gasteiger partial charge is 0.174 e. The fourth-order valence-electron chi connectivity index (χ4n) is 4.02. The molecule has 1 aliphatic carbocycles. The number of imidazole rings is 1. The summed E-state index contributed by atoms with van der Waals surface area (Å²) >= 11 is 0. The zero-order valence-corrected chi connectivity index (χ0v) is 18.4. The maximum atomic E-state index is 15.1. The minimum atomic E-state index is -0.687. The number of fused-ring (bicyclic) bond motifs is 1. The van der Waals surface area contributed by atoms with E-state index in [9.17, 15) is 8.78 Å². The predicted molar refractivity (Wildman–Crippen MR) is 125 cm³/mol. The number of hydrogen-bond acceptors (Lipinski definition) is 3. The Kier molecular flexibility index (Phi) is 5.53. The second-order valence-electron chi connectivity index (χ2n) is 7.93. The molecule has 7 heteroatoms. The predicted octanol–water partition coefficient (Wildman–Crippen LogP) is 4.49. The van der Waals surface area contributed by atoms with Crippen molar-refractivity contribution in [3.63, 3.8) is 0 Å². The quantitative estimate of drug-likeness (QED) is 0.442. The van der Waals surface area contributed by atoms with Crippen LogP contribution in [0.3, 0.4) is 0 Å². The van der Waals surface area contributed by atoms with E-state index in [2.05, 4.69) is 16.5 Å². The average molecular weight is 459 g/mol. The molecule has 0 atom stereocenters. The molecule has 5 rings (SSSR count). The summed E-state index contributed by atoms with van der Waals surface area (Å²) in [6.45, 7) is 4.15. The van der Waals surface area contributed by atoms with E-state index in [1.54, 1.807) is 22.7 Å². The van der Waals surface area contributed by atoms with E-state index >= 15 is 4.39 Å². The number of methoxy groups -OCH3 is 1. The molecule has 0 saturated carbocycles. The largest absolute Gasteiger partial charge is 0.494 e. The van der Waals surface area contributed by atoms with Crippen molar-refractivity contribution in [1.29, 1.82) is 0 Å². The van der Waals surface area contributed by atoms with Crippen molar-refractivity contribution in [3.05, 3.63) is 106 Å². The van der Waals surface area contributed by atoms with Gasteiger partial charge in [0.2, 0.25) is 0 Å². The molecule has 0 N–H and O–H groups in total. The van der Waals surface area contributed by atoms with Gasteiger partial charge in [0, 0.05) is 23.7 Å². The molecular formula is C27H20F3N3O. The zero-order chi connectivity index (χ0) is 23.8. The summed E-state index contributed by atoms with van der Waals surface area (Å²) in [5.41, 5.74) is 2.08. The number of benzene rings is 2. The molecule has 4 aromatic rings. The van der Waals surface area contributed by atoms with Gasteiger partial charge in [0.1, 0.15) is 11.6 Å². The fraction of sp³-hybridized carbons (Fsp3) is 0.111. The summed E-state index contributed by atoms with van der Waals surface area (Å²) in [5.74, 6) is -1.89. The summed E-state index contributed by atoms with van der Waals surface area (Å²) in [6, 6.07) is 8.42. The van der Waals surface area contributed by atoms with E-state index in [0.717, 1.165) is 12.0 Å². The molecule has 0 unspecified atom stereocenters. The van der Waals surface area contributed by atoms with Crippen LogP contribution in [0.2, 0.25) is 0 Å². The highest BCUT2D eigenvalue weighted by atomic mass is 19.1. The third-order valence-electron chi connectivity index (χ3n) is 5.79. The second kappa shape index (κ2) is 8.67. The molecule has 34 heavy (non-hydrogen) atoms. The van der Waals surface area contributed by atoms with E-state index in [4.69, 9.17) is 4.74 Å². The first-order chi connectivity index (χ1) is 16.5. The van der Waals surface area contributed by atoms with Crippen molar-refractivity contribution in [2.24, 2.45) is 0 Å². The van der Waals surface area contributed by atoms with E-state index in [1.165, 1.54) is 31.4 Å². The van der Waals surface area contributed by atoms with Gasteiger partial charge in [-0.25, -0.2) is 23.1 Å². The average Bonchev–Trinajstić information content (AvgIpc) is 3.45. The molecule has 2 aromatic carbocycles. The molecule has 2 heterocycles. The van der Waals surface area contributed by atoms with E-state index in [0.29, 0.717) is 22.0 Å². The Balaban J connectivity index is 1.77. The van der Waals surface area contributed by atoms with Gasteiger partial charge < -0.3 is 4.74 Å². The van der Waals surface area contributed by atoms with Gasteiger partial charge in [0.25, 0.3) is 0 Å². The lowest BCUT2D eigenvalue weighted by Gasteiger charge is -2.11. The minimum Gasteiger partial charge on any atom is -0.494 e. The van der Waals surface area contributed by atoms with Gasteiger partial charge in [-0.1, -0.05) is 36.9 Å². The van der Waals surface area contributed by atoms with Crippen LogP contribution in [0.15, 0.2) is 66.4 Å². The molecule has 170 valence electrons. The van der Waals surface area contributed by atoms with Gasteiger partial charge in [-0.15, -0.1) is 0 Å². The molecule has 2 aromatic heterocycles. The molecule has 1 aliphatic rings. The normalized spacial score (nSPS) is 13.6. The van der Waals surface area contributed by atoms with Crippen LogP contribution in [0.5, 0.6) is 5.75 Å².